The van der Waals surface area contributed by atoms with E-state index < -0.39 is 0 Å². The van der Waals surface area contributed by atoms with Crippen molar-refractivity contribution in [1.29, 1.82) is 0 Å². The predicted molar refractivity (Wildman–Crippen MR) is 122 cm³/mol. The third kappa shape index (κ3) is 6.56. The number of hydrogen-bond acceptors (Lipinski definition) is 1. The first-order valence-corrected chi connectivity index (χ1v) is 10.3. The van der Waals surface area contributed by atoms with Crippen molar-refractivity contribution >= 4 is 0 Å². The highest BCUT2D eigenvalue weighted by atomic mass is 16.5. The normalized spacial score (nSPS) is 11.9. The lowest BCUT2D eigenvalue weighted by Crippen LogP contribution is -2.10. The van der Waals surface area contributed by atoms with Gasteiger partial charge in [0.05, 0.1) is 0 Å². The molecule has 0 aliphatic carbocycles. The highest BCUT2D eigenvalue weighted by Gasteiger charge is 2.11. The first-order valence-electron chi connectivity index (χ1n) is 10.3. The van der Waals surface area contributed by atoms with Gasteiger partial charge < -0.3 is 4.74 Å². The van der Waals surface area contributed by atoms with E-state index in [0.717, 1.165) is 24.3 Å². The Labute approximate surface area is 171 Å². The fourth-order valence-electron chi connectivity index (χ4n) is 2.93. The van der Waals surface area contributed by atoms with Crippen molar-refractivity contribution in [3.8, 4) is 11.5 Å². The lowest BCUT2D eigenvalue weighted by molar-refractivity contribution is 0.482. The van der Waals surface area contributed by atoms with Crippen LogP contribution < -0.4 is 4.74 Å². The lowest BCUT2D eigenvalue weighted by Gasteiger charge is -2.18. The molecule has 4 aliphatic heterocycles. The van der Waals surface area contributed by atoms with Crippen LogP contribution >= 0.6 is 0 Å². The van der Waals surface area contributed by atoms with E-state index in [1.807, 2.05) is 38.1 Å². The van der Waals surface area contributed by atoms with Crippen LogP contribution in [0.15, 0.2) is 72.8 Å². The van der Waals surface area contributed by atoms with E-state index in [0.29, 0.717) is 0 Å². The zero-order valence-electron chi connectivity index (χ0n) is 18.3. The van der Waals surface area contributed by atoms with Crippen LogP contribution in [0.25, 0.3) is 0 Å². The van der Waals surface area contributed by atoms with Gasteiger partial charge in [-0.05, 0) is 66.1 Å². The Morgan fingerprint density at radius 2 is 1.00 bits per heavy atom. The minimum absolute atomic E-state index is 0.285. The fourth-order valence-corrected chi connectivity index (χ4v) is 2.93. The molecule has 0 saturated carbocycles. The van der Waals surface area contributed by atoms with Crippen LogP contribution in [-0.4, -0.2) is 0 Å². The summed E-state index contributed by atoms with van der Waals surface area (Å²) in [6.45, 7) is 12.8. The summed E-state index contributed by atoms with van der Waals surface area (Å²) >= 11 is 0. The van der Waals surface area contributed by atoms with Crippen molar-refractivity contribution in [3.05, 3.63) is 95.1 Å². The Bertz CT molecular complexity index is 774. The Morgan fingerprint density at radius 3 is 1.36 bits per heavy atom. The molecule has 0 aromatic heterocycles. The minimum Gasteiger partial charge on any atom is -0.457 e. The standard InChI is InChI=1S/C14H12O.C11H16.C2H6/c1-2-12-5-9-14(10-6-12)15-13-7-3-11(1)4-8-13;1-9-5-7-10(8-6-9)11(2,3)4;1-2/h3-10H,1-2H2;5-8H,1-4H3;1-2H3. The van der Waals surface area contributed by atoms with Crippen LogP contribution in [0, 0.1) is 6.92 Å². The summed E-state index contributed by atoms with van der Waals surface area (Å²) in [6.07, 6.45) is 2.19. The monoisotopic (exact) mass is 374 g/mol. The fraction of sp³-hybridized carbons (Fsp3) is 0.333. The van der Waals surface area contributed by atoms with Crippen LogP contribution in [0.1, 0.15) is 56.9 Å². The quantitative estimate of drug-likeness (QED) is 0.388. The number of aryl methyl sites for hydroxylation is 3. The maximum absolute atomic E-state index is 5.72. The van der Waals surface area contributed by atoms with Gasteiger partial charge in [-0.1, -0.05) is 88.7 Å². The Hall–Kier alpha value is -2.54. The molecule has 0 radical (unpaired) electrons. The first-order chi connectivity index (χ1) is 13.4. The summed E-state index contributed by atoms with van der Waals surface area (Å²) in [6, 6.07) is 25.4. The maximum atomic E-state index is 5.72. The molecule has 0 fully saturated rings. The number of hydrogen-bond donors (Lipinski definition) is 0. The number of benzene rings is 3. The number of ether oxygens (including phenoxy) is 1. The van der Waals surface area contributed by atoms with E-state index >= 15 is 0 Å². The van der Waals surface area contributed by atoms with Crippen molar-refractivity contribution in [3.63, 3.8) is 0 Å². The van der Waals surface area contributed by atoms with Crippen LogP contribution in [0.3, 0.4) is 0 Å². The zero-order chi connectivity index (χ0) is 20.6. The van der Waals surface area contributed by atoms with E-state index in [9.17, 15) is 0 Å². The molecule has 0 N–H and O–H groups in total. The van der Waals surface area contributed by atoms with E-state index in [1.54, 1.807) is 0 Å². The maximum Gasteiger partial charge on any atom is 0.127 e. The second-order valence-electron chi connectivity index (χ2n) is 8.01. The van der Waals surface area contributed by atoms with Gasteiger partial charge in [0.1, 0.15) is 11.5 Å². The Balaban J connectivity index is 0.000000193. The summed E-state index contributed by atoms with van der Waals surface area (Å²) < 4.78 is 5.72. The molecule has 7 rings (SSSR count). The van der Waals surface area contributed by atoms with Gasteiger partial charge in [-0.15, -0.1) is 0 Å². The molecule has 0 saturated heterocycles. The minimum atomic E-state index is 0.285. The molecule has 4 heterocycles. The lowest BCUT2D eigenvalue weighted by atomic mass is 9.87. The van der Waals surface area contributed by atoms with Crippen molar-refractivity contribution in [2.75, 3.05) is 0 Å². The highest BCUT2D eigenvalue weighted by Crippen LogP contribution is 2.24. The van der Waals surface area contributed by atoms with Gasteiger partial charge in [0.15, 0.2) is 0 Å². The molecule has 4 aliphatic rings. The SMILES string of the molecule is CC.Cc1ccc(C(C)(C)C)cc1.c1cc2ccc1CCc1ccc(cc1)O2. The molecule has 0 atom stereocenters. The molecule has 1 heteroatoms. The van der Waals surface area contributed by atoms with E-state index in [4.69, 9.17) is 4.74 Å². The summed E-state index contributed by atoms with van der Waals surface area (Å²) in [5.41, 5.74) is 5.76. The van der Waals surface area contributed by atoms with Crippen molar-refractivity contribution in [2.45, 2.75) is 59.8 Å². The molecule has 3 aromatic rings. The molecule has 4 bridgehead atoms. The summed E-state index contributed by atoms with van der Waals surface area (Å²) in [5, 5.41) is 0. The Morgan fingerprint density at radius 1 is 0.607 bits per heavy atom. The molecular formula is C27H34O. The predicted octanol–water partition coefficient (Wildman–Crippen LogP) is 7.90. The smallest absolute Gasteiger partial charge is 0.127 e. The summed E-state index contributed by atoms with van der Waals surface area (Å²) in [4.78, 5) is 0. The molecule has 148 valence electrons. The van der Waals surface area contributed by atoms with Crippen LogP contribution in [0.4, 0.5) is 0 Å². The van der Waals surface area contributed by atoms with Crippen LogP contribution in [0.5, 0.6) is 11.5 Å². The molecule has 1 nitrogen and oxygen atoms in total. The van der Waals surface area contributed by atoms with E-state index in [1.165, 1.54) is 22.3 Å². The molecule has 0 spiro atoms. The summed E-state index contributed by atoms with van der Waals surface area (Å²) in [7, 11) is 0. The summed E-state index contributed by atoms with van der Waals surface area (Å²) in [5.74, 6) is 1.82. The van der Waals surface area contributed by atoms with E-state index in [-0.39, 0.29) is 5.41 Å². The average Bonchev–Trinajstić information content (AvgIpc) is 2.80. The van der Waals surface area contributed by atoms with E-state index in [2.05, 4.69) is 76.2 Å². The average molecular weight is 375 g/mol. The Kier molecular flexibility index (Phi) is 7.87. The molecule has 3 aromatic carbocycles. The zero-order valence-corrected chi connectivity index (χ0v) is 18.3. The molecular weight excluding hydrogens is 340 g/mol. The van der Waals surface area contributed by atoms with Gasteiger partial charge in [0.2, 0.25) is 0 Å². The van der Waals surface area contributed by atoms with Crippen LogP contribution in [-0.2, 0) is 18.3 Å². The van der Waals surface area contributed by atoms with Crippen LogP contribution in [0.2, 0.25) is 0 Å². The largest absolute Gasteiger partial charge is 0.457 e. The van der Waals surface area contributed by atoms with Gasteiger partial charge >= 0.3 is 0 Å². The van der Waals surface area contributed by atoms with Crippen molar-refractivity contribution in [2.24, 2.45) is 0 Å². The molecule has 28 heavy (non-hydrogen) atoms. The third-order valence-electron chi connectivity index (χ3n) is 4.70. The molecule has 0 unspecified atom stereocenters. The van der Waals surface area contributed by atoms with Crippen molar-refractivity contribution in [1.82, 2.24) is 0 Å². The van der Waals surface area contributed by atoms with Gasteiger partial charge in [-0.2, -0.15) is 0 Å². The third-order valence-corrected chi connectivity index (χ3v) is 4.70. The topological polar surface area (TPSA) is 9.23 Å². The second-order valence-corrected chi connectivity index (χ2v) is 8.01. The second kappa shape index (κ2) is 10.1. The number of rotatable bonds is 0. The first kappa shape index (κ1) is 21.8. The van der Waals surface area contributed by atoms with Gasteiger partial charge in [0, 0.05) is 0 Å². The van der Waals surface area contributed by atoms with Gasteiger partial charge in [-0.3, -0.25) is 0 Å². The van der Waals surface area contributed by atoms with Crippen molar-refractivity contribution < 1.29 is 4.74 Å². The van der Waals surface area contributed by atoms with Gasteiger partial charge in [0.25, 0.3) is 0 Å². The van der Waals surface area contributed by atoms with Gasteiger partial charge in [-0.25, -0.2) is 0 Å². The molecule has 0 amide bonds. The highest BCUT2D eigenvalue weighted by molar-refractivity contribution is 5.36.